The molecule has 7 N–H and O–H groups in total. The number of aliphatic hydroxyl groups excluding tert-OH is 4. The zero-order valence-electron chi connectivity index (χ0n) is 24.6. The molecule has 8 atom stereocenters. The number of esters is 2. The van der Waals surface area contributed by atoms with Gasteiger partial charge in [-0.15, -0.1) is 0 Å². The van der Waals surface area contributed by atoms with Crippen LogP contribution in [0.2, 0.25) is 0 Å². The predicted octanol–water partition coefficient (Wildman–Crippen LogP) is 1.60. The Morgan fingerprint density at radius 3 is 1.56 bits per heavy atom. The lowest BCUT2D eigenvalue weighted by molar-refractivity contribution is -0.216. The lowest BCUT2D eigenvalue weighted by Gasteiger charge is -2.43. The summed E-state index contributed by atoms with van der Waals surface area (Å²) < 4.78 is 48.0. The van der Waals surface area contributed by atoms with E-state index >= 15 is 0 Å². The van der Waals surface area contributed by atoms with Crippen LogP contribution in [0.1, 0.15) is 90.9 Å². The van der Waals surface area contributed by atoms with E-state index in [1.54, 1.807) is 0 Å². The summed E-state index contributed by atoms with van der Waals surface area (Å²) in [5.41, 5.74) is 0. The maximum atomic E-state index is 12.6. The molecule has 1 rings (SSSR count). The summed E-state index contributed by atoms with van der Waals surface area (Å²) in [7, 11) is -10.5. The molecule has 0 saturated heterocycles. The van der Waals surface area contributed by atoms with Gasteiger partial charge in [0.2, 0.25) is 0 Å². The first-order chi connectivity index (χ1) is 20.1. The summed E-state index contributed by atoms with van der Waals surface area (Å²) in [5.74, 6) is -1.22. The lowest BCUT2D eigenvalue weighted by atomic mass is 9.85. The quantitative estimate of drug-likeness (QED) is 0.0492. The molecule has 254 valence electrons. The maximum Gasteiger partial charge on any atom is 0.472 e. The molecule has 1 fully saturated rings. The third-order valence-corrected chi connectivity index (χ3v) is 8.18. The van der Waals surface area contributed by atoms with E-state index < -0.39 is 83.5 Å². The maximum absolute atomic E-state index is 12.6. The highest BCUT2D eigenvalue weighted by molar-refractivity contribution is 7.47. The Labute approximate surface area is 251 Å². The van der Waals surface area contributed by atoms with Gasteiger partial charge in [0.25, 0.3) is 0 Å². The zero-order chi connectivity index (χ0) is 32.6. The summed E-state index contributed by atoms with van der Waals surface area (Å²) >= 11 is 0. The number of hydrogen-bond acceptors (Lipinski definition) is 13. The summed E-state index contributed by atoms with van der Waals surface area (Å²) in [5, 5.41) is 40.8. The molecule has 1 saturated carbocycles. The van der Waals surface area contributed by atoms with Crippen LogP contribution in [-0.4, -0.2) is 103 Å². The van der Waals surface area contributed by atoms with Crippen molar-refractivity contribution in [1.82, 2.24) is 0 Å². The molecular formula is C25H48O16P2. The van der Waals surface area contributed by atoms with E-state index in [1.165, 1.54) is 0 Å². The second-order valence-corrected chi connectivity index (χ2v) is 13.1. The first-order valence-electron chi connectivity index (χ1n) is 14.6. The molecule has 0 spiro atoms. The largest absolute Gasteiger partial charge is 0.472 e. The molecule has 16 nitrogen and oxygen atoms in total. The molecular weight excluding hydrogens is 618 g/mol. The van der Waals surface area contributed by atoms with Gasteiger partial charge in [0.15, 0.2) is 6.10 Å². The molecule has 0 radical (unpaired) electrons. The van der Waals surface area contributed by atoms with Crippen molar-refractivity contribution in [2.45, 2.75) is 134 Å². The van der Waals surface area contributed by atoms with Gasteiger partial charge in [-0.1, -0.05) is 65.2 Å². The third kappa shape index (κ3) is 16.2. The van der Waals surface area contributed by atoms with Crippen LogP contribution >= 0.6 is 15.6 Å². The second-order valence-electron chi connectivity index (χ2n) is 10.5. The van der Waals surface area contributed by atoms with Gasteiger partial charge in [-0.25, -0.2) is 9.13 Å². The molecule has 6 unspecified atom stereocenters. The number of phosphoric acid groups is 2. The van der Waals surface area contributed by atoms with Gasteiger partial charge in [-0.05, 0) is 12.8 Å². The van der Waals surface area contributed by atoms with Crippen LogP contribution in [0.5, 0.6) is 0 Å². The number of carbonyl (C=O) groups is 2. The average molecular weight is 667 g/mol. The van der Waals surface area contributed by atoms with Crippen molar-refractivity contribution in [2.24, 2.45) is 0 Å². The minimum Gasteiger partial charge on any atom is -0.462 e. The van der Waals surface area contributed by atoms with Gasteiger partial charge in [-0.3, -0.25) is 23.2 Å². The molecule has 18 heteroatoms. The number of rotatable bonds is 22. The van der Waals surface area contributed by atoms with E-state index in [4.69, 9.17) is 28.3 Å². The number of carbonyl (C=O) groups excluding carboxylic acids is 2. The summed E-state index contributed by atoms with van der Waals surface area (Å²) in [4.78, 5) is 52.6. The molecule has 1 aliphatic carbocycles. The monoisotopic (exact) mass is 666 g/mol. The molecule has 43 heavy (non-hydrogen) atoms. The molecule has 0 aliphatic heterocycles. The summed E-state index contributed by atoms with van der Waals surface area (Å²) in [6, 6.07) is 0. The number of hydrogen-bond donors (Lipinski definition) is 7. The number of ether oxygens (including phenoxy) is 2. The summed E-state index contributed by atoms with van der Waals surface area (Å²) in [6.45, 7) is 2.80. The van der Waals surface area contributed by atoms with Crippen LogP contribution in [0.4, 0.5) is 0 Å². The average Bonchev–Trinajstić information content (AvgIpc) is 2.93. The number of phosphoric ester groups is 2. The van der Waals surface area contributed by atoms with Crippen molar-refractivity contribution < 1.29 is 76.9 Å². The Kier molecular flexibility index (Phi) is 18.8. The smallest absolute Gasteiger partial charge is 0.462 e. The molecule has 0 aromatic rings. The van der Waals surface area contributed by atoms with E-state index in [9.17, 15) is 44.0 Å². The zero-order valence-corrected chi connectivity index (χ0v) is 26.4. The Morgan fingerprint density at radius 1 is 0.651 bits per heavy atom. The van der Waals surface area contributed by atoms with Gasteiger partial charge >= 0.3 is 27.6 Å². The second kappa shape index (κ2) is 20.2. The van der Waals surface area contributed by atoms with Crippen LogP contribution in [0.25, 0.3) is 0 Å². The molecule has 1 aliphatic rings. The molecule has 0 aromatic heterocycles. The minimum absolute atomic E-state index is 0.0486. The van der Waals surface area contributed by atoms with E-state index in [0.29, 0.717) is 12.8 Å². The van der Waals surface area contributed by atoms with Gasteiger partial charge in [-0.2, -0.15) is 0 Å². The number of unbranched alkanes of at least 4 members (excludes halogenated alkanes) is 8. The highest BCUT2D eigenvalue weighted by atomic mass is 31.2. The topological polar surface area (TPSA) is 256 Å². The van der Waals surface area contributed by atoms with Gasteiger partial charge in [0.1, 0.15) is 43.2 Å². The highest BCUT2D eigenvalue weighted by Gasteiger charge is 2.54. The third-order valence-electron chi connectivity index (χ3n) is 6.68. The highest BCUT2D eigenvalue weighted by Crippen LogP contribution is 2.48. The van der Waals surface area contributed by atoms with Crippen molar-refractivity contribution in [3.05, 3.63) is 0 Å². The van der Waals surface area contributed by atoms with Crippen molar-refractivity contribution >= 4 is 27.6 Å². The molecule has 0 heterocycles. The Morgan fingerprint density at radius 2 is 1.09 bits per heavy atom. The van der Waals surface area contributed by atoms with Crippen molar-refractivity contribution in [3.8, 4) is 0 Å². The van der Waals surface area contributed by atoms with Crippen LogP contribution in [0.3, 0.4) is 0 Å². The van der Waals surface area contributed by atoms with E-state index in [1.807, 2.05) is 6.92 Å². The summed E-state index contributed by atoms with van der Waals surface area (Å²) in [6.07, 6.45) is -5.75. The SMILES string of the molecule is CCCCCCCC(=O)OC[C@H](COP(=O)(O)OC1C(O)C(O)C(OP(=O)(O)O)[C@@H](O)C1O)OC(=O)CCCCCCC. The van der Waals surface area contributed by atoms with E-state index in [-0.39, 0.29) is 12.8 Å². The fourth-order valence-electron chi connectivity index (χ4n) is 4.32. The lowest BCUT2D eigenvalue weighted by Crippen LogP contribution is -2.64. The standard InChI is InChI=1S/C25H48O16P2/c1-3-5-7-9-11-13-18(26)37-15-17(39-19(27)14-12-10-8-6-4-2)16-38-43(35,36)41-25-22(30)20(28)24(21(29)23(25)31)40-42(32,33)34/h17,20-25,28-31H,3-16H2,1-2H3,(H,35,36)(H2,32,33,34)/t17-,20+,21?,22?,23?,24?,25?/m1/s1. The van der Waals surface area contributed by atoms with Gasteiger partial charge < -0.3 is 44.6 Å². The first kappa shape index (κ1) is 40.0. The Bertz CT molecular complexity index is 898. The van der Waals surface area contributed by atoms with Crippen molar-refractivity contribution in [3.63, 3.8) is 0 Å². The fraction of sp³-hybridized carbons (Fsp3) is 0.920. The van der Waals surface area contributed by atoms with Crippen molar-refractivity contribution in [2.75, 3.05) is 13.2 Å². The predicted molar refractivity (Wildman–Crippen MR) is 149 cm³/mol. The fourth-order valence-corrected chi connectivity index (χ4v) is 5.85. The molecule has 0 amide bonds. The first-order valence-corrected chi connectivity index (χ1v) is 17.6. The van der Waals surface area contributed by atoms with Gasteiger partial charge in [0, 0.05) is 12.8 Å². The molecule has 0 bridgehead atoms. The van der Waals surface area contributed by atoms with Crippen LogP contribution in [0, 0.1) is 0 Å². The Hall–Kier alpha value is -1.00. The van der Waals surface area contributed by atoms with Crippen molar-refractivity contribution in [1.29, 1.82) is 0 Å². The van der Waals surface area contributed by atoms with E-state index in [0.717, 1.165) is 51.4 Å². The number of aliphatic hydroxyl groups is 4. The Balaban J connectivity index is 2.80. The van der Waals surface area contributed by atoms with Crippen LogP contribution in [0.15, 0.2) is 0 Å². The van der Waals surface area contributed by atoms with Crippen LogP contribution in [-0.2, 0) is 41.8 Å². The van der Waals surface area contributed by atoms with E-state index in [2.05, 4.69) is 11.4 Å². The minimum atomic E-state index is -5.28. The van der Waals surface area contributed by atoms with Crippen LogP contribution < -0.4 is 0 Å². The molecule has 0 aromatic carbocycles. The van der Waals surface area contributed by atoms with Gasteiger partial charge in [0.05, 0.1) is 6.61 Å². The normalized spacial score (nSPS) is 26.4.